The van der Waals surface area contributed by atoms with Crippen LogP contribution in [0.5, 0.6) is 0 Å². The van der Waals surface area contributed by atoms with Crippen LogP contribution in [-0.2, 0) is 43.4 Å². The minimum Gasteiger partial charge on any atom is -0.480 e. The maximum Gasteiger partial charge on any atom is 0.324 e. The predicted molar refractivity (Wildman–Crippen MR) is 234 cm³/mol. The molecule has 4 bridgehead atoms. The third kappa shape index (κ3) is 11.2. The molecule has 20 heteroatoms. The molecule has 0 amide bonds. The standard InChI is InChI=1S/C14H19NO4S2.C12H15NO4S2.C6H15N.C4H3ClO2S2.6H2/c1-2-19-14(16)13-10-5-7-11(8-6-10)15(13)21(17,18)12-4-3-9-20-12;14-12(15)11-8-3-5-9(6-4-8)13(11)19(16,17)10-2-1-7-18-10;1-4-7(5-2)6-3;5-9(6,7)4-2-1-3-8-4;;;;;;/h3-4,9-11,13H,2,5-8H2,1H3;1-2,7-9,11H,3-6H2,(H,14,15);4-6H2,1-3H3;1-3H;6*1H/t10?,11?,13-;8?,9?,11-;;;;;;;;/m00......../s1. The van der Waals surface area contributed by atoms with E-state index in [1.54, 1.807) is 53.4 Å². The minimum atomic E-state index is -3.67. The van der Waals surface area contributed by atoms with E-state index in [1.807, 2.05) is 0 Å². The number of thiophene rings is 3. The fourth-order valence-corrected chi connectivity index (χ4v) is 15.6. The second-order valence-electron chi connectivity index (χ2n) is 13.6. The molecule has 4 aliphatic heterocycles. The molecule has 0 radical (unpaired) electrons. The van der Waals surface area contributed by atoms with Crippen molar-refractivity contribution in [3.05, 3.63) is 52.5 Å². The molecule has 0 spiro atoms. The minimum absolute atomic E-state index is 0. The third-order valence-electron chi connectivity index (χ3n) is 10.6. The summed E-state index contributed by atoms with van der Waals surface area (Å²) in [4.78, 5) is 26.1. The summed E-state index contributed by atoms with van der Waals surface area (Å²) in [6, 6.07) is 7.88. The van der Waals surface area contributed by atoms with E-state index in [0.717, 1.165) is 74.0 Å². The number of sulfonamides is 2. The first kappa shape index (κ1) is 46.7. The van der Waals surface area contributed by atoms with Crippen LogP contribution in [0, 0.1) is 11.8 Å². The zero-order valence-corrected chi connectivity index (χ0v) is 37.6. The lowest BCUT2D eigenvalue weighted by Gasteiger charge is -2.48. The Labute approximate surface area is 357 Å². The van der Waals surface area contributed by atoms with Crippen molar-refractivity contribution in [1.82, 2.24) is 13.5 Å². The third-order valence-corrected chi connectivity index (χ3v) is 20.2. The molecule has 0 unspecified atom stereocenters. The number of esters is 1. The largest absolute Gasteiger partial charge is 0.480 e. The summed E-state index contributed by atoms with van der Waals surface area (Å²) in [5.41, 5.74) is 0. The van der Waals surface area contributed by atoms with Gasteiger partial charge < -0.3 is 14.7 Å². The number of carboxylic acid groups (broad SMARTS) is 1. The number of ether oxygens (including phenoxy) is 1. The molecule has 9 rings (SSSR count). The molecule has 2 atom stereocenters. The number of carbonyl (C=O) groups excluding carboxylic acids is 1. The number of piperidine rings is 4. The zero-order valence-electron chi connectivity index (χ0n) is 31.9. The zero-order chi connectivity index (χ0) is 41.3. The van der Waals surface area contributed by atoms with Crippen molar-refractivity contribution in [2.75, 3.05) is 26.2 Å². The molecule has 3 aromatic heterocycles. The van der Waals surface area contributed by atoms with Crippen LogP contribution in [0.15, 0.2) is 65.2 Å². The molecular weight excluding hydrogens is 862 g/mol. The van der Waals surface area contributed by atoms with Gasteiger partial charge in [0.1, 0.15) is 24.7 Å². The van der Waals surface area contributed by atoms with E-state index >= 15 is 0 Å². The molecule has 326 valence electrons. The molecule has 13 nitrogen and oxygen atoms in total. The topological polar surface area (TPSA) is 176 Å². The summed E-state index contributed by atoms with van der Waals surface area (Å²) in [6.45, 7) is 12.1. The van der Waals surface area contributed by atoms with E-state index in [9.17, 15) is 39.9 Å². The number of nitrogens with zero attached hydrogens (tertiary/aromatic N) is 3. The molecule has 56 heavy (non-hydrogen) atoms. The number of carboxylic acids is 1. The normalized spacial score (nSPS) is 24.9. The average Bonchev–Trinajstić information content (AvgIpc) is 4.02. The summed E-state index contributed by atoms with van der Waals surface area (Å²) in [5.74, 6) is -1.37. The lowest BCUT2D eigenvalue weighted by Crippen LogP contribution is -2.60. The Morgan fingerprint density at radius 1 is 0.696 bits per heavy atom. The monoisotopic (exact) mass is 925 g/mol. The summed E-state index contributed by atoms with van der Waals surface area (Å²) < 4.78 is 80.6. The van der Waals surface area contributed by atoms with Gasteiger partial charge in [0.05, 0.1) is 6.61 Å². The van der Waals surface area contributed by atoms with Crippen LogP contribution in [0.1, 0.15) is 87.6 Å². The smallest absolute Gasteiger partial charge is 0.324 e. The van der Waals surface area contributed by atoms with Crippen molar-refractivity contribution in [2.45, 2.75) is 116 Å². The van der Waals surface area contributed by atoms with Crippen molar-refractivity contribution in [3.63, 3.8) is 0 Å². The van der Waals surface area contributed by atoms with Gasteiger partial charge in [-0.15, -0.1) is 34.0 Å². The summed E-state index contributed by atoms with van der Waals surface area (Å²) >= 11 is 3.45. The Balaban J connectivity index is -0.000000784. The fraction of sp³-hybridized carbons (Fsp3) is 0.611. The van der Waals surface area contributed by atoms with E-state index in [1.165, 1.54) is 45.6 Å². The highest BCUT2D eigenvalue weighted by Crippen LogP contribution is 2.44. The van der Waals surface area contributed by atoms with Crippen LogP contribution in [0.2, 0.25) is 0 Å². The number of aliphatic carboxylic acids is 1. The predicted octanol–water partition coefficient (Wildman–Crippen LogP) is 8.51. The highest BCUT2D eigenvalue weighted by molar-refractivity contribution is 8.15. The van der Waals surface area contributed by atoms with Crippen LogP contribution < -0.4 is 0 Å². The number of fused-ring (bicyclic) bond motifs is 6. The van der Waals surface area contributed by atoms with Gasteiger partial charge >= 0.3 is 11.9 Å². The first-order chi connectivity index (χ1) is 26.5. The van der Waals surface area contributed by atoms with Crippen LogP contribution in [0.3, 0.4) is 0 Å². The Morgan fingerprint density at radius 3 is 1.36 bits per heavy atom. The summed E-state index contributed by atoms with van der Waals surface area (Å²) in [6.07, 6.45) is 6.68. The van der Waals surface area contributed by atoms with Crippen LogP contribution in [-0.4, -0.2) is 106 Å². The molecule has 6 fully saturated rings. The van der Waals surface area contributed by atoms with Crippen LogP contribution in [0.25, 0.3) is 0 Å². The molecule has 1 N–H and O–H groups in total. The van der Waals surface area contributed by atoms with Gasteiger partial charge in [-0.1, -0.05) is 39.0 Å². The van der Waals surface area contributed by atoms with Crippen LogP contribution in [0.4, 0.5) is 0 Å². The Kier molecular flexibility index (Phi) is 17.4. The van der Waals surface area contributed by atoms with Gasteiger partial charge in [-0.05, 0) is 124 Å². The van der Waals surface area contributed by atoms with E-state index in [2.05, 4.69) is 25.7 Å². The Hall–Kier alpha value is -1.94. The Morgan fingerprint density at radius 2 is 1.07 bits per heavy atom. The summed E-state index contributed by atoms with van der Waals surface area (Å²) in [5, 5.41) is 14.5. The second kappa shape index (κ2) is 20.8. The molecule has 7 heterocycles. The number of rotatable bonds is 11. The highest BCUT2D eigenvalue weighted by atomic mass is 35.7. The molecule has 4 saturated heterocycles. The van der Waals surface area contributed by atoms with Crippen LogP contribution >= 0.6 is 44.7 Å². The average molecular weight is 927 g/mol. The molecule has 2 aliphatic carbocycles. The first-order valence-electron chi connectivity index (χ1n) is 18.8. The maximum atomic E-state index is 12.9. The number of hydrogen-bond acceptors (Lipinski definition) is 13. The van der Waals surface area contributed by atoms with Gasteiger partial charge in [0, 0.05) is 31.3 Å². The SMILES string of the molecule is CCN(CC)CC.CCOC(=O)[C@@H]1C2CCC(CC2)N1S(=O)(=O)c1cccs1.O=C(O)[C@@H]1C2CCC(CC2)N1S(=O)(=O)c1cccs1.O=S(=O)(Cl)c1cccs1.[HH].[HH].[HH].[HH].[HH].[HH]. The second-order valence-corrected chi connectivity index (χ2v) is 23.4. The van der Waals surface area contributed by atoms with Crippen molar-refractivity contribution in [2.24, 2.45) is 11.8 Å². The Bertz CT molecular complexity index is 2010. The van der Waals surface area contributed by atoms with Crippen molar-refractivity contribution >= 4 is 85.7 Å². The maximum absolute atomic E-state index is 12.9. The van der Waals surface area contributed by atoms with E-state index in [4.69, 9.17) is 15.4 Å². The lowest BCUT2D eigenvalue weighted by atomic mass is 9.76. The van der Waals surface area contributed by atoms with Crippen molar-refractivity contribution < 1.29 is 53.2 Å². The molecule has 6 aliphatic rings. The van der Waals surface area contributed by atoms with E-state index in [-0.39, 0.29) is 47.5 Å². The number of carbonyl (C=O) groups is 2. The fourth-order valence-electron chi connectivity index (χ4n) is 7.84. The molecular formula is C36H64ClN3O10S6. The van der Waals surface area contributed by atoms with E-state index in [0.29, 0.717) is 4.21 Å². The van der Waals surface area contributed by atoms with Gasteiger partial charge in [0.25, 0.3) is 29.1 Å². The first-order valence-corrected chi connectivity index (χ1v) is 26.6. The van der Waals surface area contributed by atoms with Crippen molar-refractivity contribution in [1.29, 1.82) is 0 Å². The number of hydrogen-bond donors (Lipinski definition) is 1. The van der Waals surface area contributed by atoms with Gasteiger partial charge in [-0.2, -0.15) is 8.61 Å². The molecule has 0 aromatic carbocycles. The van der Waals surface area contributed by atoms with Gasteiger partial charge in [0.15, 0.2) is 0 Å². The molecule has 2 saturated carbocycles. The van der Waals surface area contributed by atoms with Gasteiger partial charge in [0.2, 0.25) is 0 Å². The van der Waals surface area contributed by atoms with Gasteiger partial charge in [-0.25, -0.2) is 25.3 Å². The quantitative estimate of drug-likeness (QED) is 0.144. The van der Waals surface area contributed by atoms with Crippen molar-refractivity contribution in [3.8, 4) is 0 Å². The van der Waals surface area contributed by atoms with Gasteiger partial charge in [-0.3, -0.25) is 9.59 Å². The summed E-state index contributed by atoms with van der Waals surface area (Å²) in [7, 11) is -5.77. The van der Waals surface area contributed by atoms with E-state index < -0.39 is 53.1 Å². The molecule has 3 aromatic rings. The number of halogens is 1. The highest BCUT2D eigenvalue weighted by Gasteiger charge is 2.53. The lowest BCUT2D eigenvalue weighted by molar-refractivity contribution is -0.154.